The highest BCUT2D eigenvalue weighted by Gasteiger charge is 2.08. The maximum atomic E-state index is 5.54. The first-order valence-electron chi connectivity index (χ1n) is 5.93. The van der Waals surface area contributed by atoms with Gasteiger partial charge in [0.2, 0.25) is 0 Å². The lowest BCUT2D eigenvalue weighted by molar-refractivity contribution is 0.0764. The van der Waals surface area contributed by atoms with Crippen molar-refractivity contribution in [3.63, 3.8) is 0 Å². The monoisotopic (exact) mass is 247 g/mol. The number of nitrogens with zero attached hydrogens (tertiary/aromatic N) is 2. The number of hydrogen-bond donors (Lipinski definition) is 1. The van der Waals surface area contributed by atoms with Crippen molar-refractivity contribution in [3.05, 3.63) is 29.8 Å². The molecule has 0 bridgehead atoms. The predicted octanol–water partition coefficient (Wildman–Crippen LogP) is 2.58. The molecule has 1 aromatic heterocycles. The molecule has 0 aliphatic rings. The minimum atomic E-state index is 0.105. The van der Waals surface area contributed by atoms with Crippen LogP contribution in [0.1, 0.15) is 25.5 Å². The summed E-state index contributed by atoms with van der Waals surface area (Å²) < 4.78 is 10.5. The number of ether oxygens (including phenoxy) is 2. The third-order valence-corrected chi connectivity index (χ3v) is 2.72. The average molecular weight is 247 g/mol. The molecule has 18 heavy (non-hydrogen) atoms. The molecule has 0 radical (unpaired) electrons. The van der Waals surface area contributed by atoms with Crippen LogP contribution in [0.4, 0.5) is 0 Å². The van der Waals surface area contributed by atoms with Gasteiger partial charge in [-0.05, 0) is 19.4 Å². The molecule has 1 N–H and O–H groups in total. The fourth-order valence-electron chi connectivity index (χ4n) is 1.73. The molecule has 2 rings (SSSR count). The van der Waals surface area contributed by atoms with Crippen molar-refractivity contribution in [1.29, 1.82) is 0 Å². The van der Waals surface area contributed by atoms with Gasteiger partial charge < -0.3 is 9.47 Å². The van der Waals surface area contributed by atoms with E-state index < -0.39 is 0 Å². The molecule has 5 nitrogen and oxygen atoms in total. The normalized spacial score (nSPS) is 12.4. The Kier molecular flexibility index (Phi) is 3.94. The molecule has 0 fully saturated rings. The predicted molar refractivity (Wildman–Crippen MR) is 68.4 cm³/mol. The van der Waals surface area contributed by atoms with Crippen LogP contribution >= 0.6 is 0 Å². The minimum absolute atomic E-state index is 0.105. The van der Waals surface area contributed by atoms with E-state index >= 15 is 0 Å². The highest BCUT2D eigenvalue weighted by atomic mass is 16.5. The summed E-state index contributed by atoms with van der Waals surface area (Å²) in [6.45, 7) is 4.74. The SMILES string of the molecule is CCO[C@@H](C)c1ccc(-c2nc(OC)n[nH]2)cc1. The second-order valence-electron chi connectivity index (χ2n) is 3.89. The van der Waals surface area contributed by atoms with Crippen LogP contribution in [0.5, 0.6) is 6.01 Å². The lowest BCUT2D eigenvalue weighted by Crippen LogP contribution is -1.99. The number of benzene rings is 1. The molecule has 2 aromatic rings. The van der Waals surface area contributed by atoms with Crippen LogP contribution < -0.4 is 4.74 Å². The number of rotatable bonds is 5. The van der Waals surface area contributed by atoms with Crippen molar-refractivity contribution in [3.8, 4) is 17.4 Å². The Morgan fingerprint density at radius 2 is 2.00 bits per heavy atom. The Morgan fingerprint density at radius 1 is 1.28 bits per heavy atom. The van der Waals surface area contributed by atoms with Crippen molar-refractivity contribution in [2.45, 2.75) is 20.0 Å². The summed E-state index contributed by atoms with van der Waals surface area (Å²) in [5, 5.41) is 6.74. The van der Waals surface area contributed by atoms with Crippen LogP contribution in [0.2, 0.25) is 0 Å². The molecule has 1 heterocycles. The first kappa shape index (κ1) is 12.6. The van der Waals surface area contributed by atoms with E-state index in [0.717, 1.165) is 11.1 Å². The molecule has 0 aliphatic heterocycles. The van der Waals surface area contributed by atoms with Gasteiger partial charge in [-0.3, -0.25) is 5.10 Å². The smallest absolute Gasteiger partial charge is 0.335 e. The van der Waals surface area contributed by atoms with Gasteiger partial charge in [0, 0.05) is 12.2 Å². The minimum Gasteiger partial charge on any atom is -0.466 e. The van der Waals surface area contributed by atoms with Crippen molar-refractivity contribution >= 4 is 0 Å². The summed E-state index contributed by atoms with van der Waals surface area (Å²) in [6.07, 6.45) is 0.105. The van der Waals surface area contributed by atoms with E-state index in [1.165, 1.54) is 0 Å². The number of aromatic amines is 1. The Morgan fingerprint density at radius 3 is 2.56 bits per heavy atom. The fourth-order valence-corrected chi connectivity index (χ4v) is 1.73. The molecule has 0 amide bonds. The van der Waals surface area contributed by atoms with Crippen molar-refractivity contribution in [1.82, 2.24) is 15.2 Å². The van der Waals surface area contributed by atoms with Crippen molar-refractivity contribution < 1.29 is 9.47 Å². The van der Waals surface area contributed by atoms with E-state index in [1.54, 1.807) is 7.11 Å². The second kappa shape index (κ2) is 5.64. The van der Waals surface area contributed by atoms with Crippen LogP contribution in [-0.2, 0) is 4.74 Å². The Bertz CT molecular complexity index is 493. The standard InChI is InChI=1S/C13H17N3O2/c1-4-18-9(2)10-5-7-11(8-6-10)12-14-13(17-3)16-15-12/h5-9H,4H2,1-3H3,(H,14,15,16)/t9-/m0/s1. The maximum absolute atomic E-state index is 5.54. The fraction of sp³-hybridized carbons (Fsp3) is 0.385. The Labute approximate surface area is 106 Å². The molecule has 0 saturated carbocycles. The van der Waals surface area contributed by atoms with E-state index in [2.05, 4.69) is 15.2 Å². The van der Waals surface area contributed by atoms with Crippen molar-refractivity contribution in [2.24, 2.45) is 0 Å². The van der Waals surface area contributed by atoms with Gasteiger partial charge in [-0.15, -0.1) is 5.10 Å². The number of H-pyrrole nitrogens is 1. The zero-order valence-corrected chi connectivity index (χ0v) is 10.8. The van der Waals surface area contributed by atoms with Gasteiger partial charge in [-0.2, -0.15) is 4.98 Å². The first-order chi connectivity index (χ1) is 8.74. The van der Waals surface area contributed by atoms with E-state index in [9.17, 15) is 0 Å². The van der Waals surface area contributed by atoms with Crippen LogP contribution in [0, 0.1) is 0 Å². The van der Waals surface area contributed by atoms with E-state index in [1.807, 2.05) is 38.1 Å². The lowest BCUT2D eigenvalue weighted by atomic mass is 10.1. The zero-order valence-electron chi connectivity index (χ0n) is 10.8. The molecule has 96 valence electrons. The summed E-state index contributed by atoms with van der Waals surface area (Å²) in [7, 11) is 1.54. The zero-order chi connectivity index (χ0) is 13.0. The Balaban J connectivity index is 2.16. The van der Waals surface area contributed by atoms with Gasteiger partial charge in [-0.1, -0.05) is 24.3 Å². The summed E-state index contributed by atoms with van der Waals surface area (Å²) in [4.78, 5) is 4.19. The highest BCUT2D eigenvalue weighted by molar-refractivity contribution is 5.55. The van der Waals surface area contributed by atoms with Crippen LogP contribution in [-0.4, -0.2) is 28.9 Å². The number of hydrogen-bond acceptors (Lipinski definition) is 4. The molecule has 5 heteroatoms. The van der Waals surface area contributed by atoms with Crippen LogP contribution in [0.15, 0.2) is 24.3 Å². The number of aromatic nitrogens is 3. The summed E-state index contributed by atoms with van der Waals surface area (Å²) in [5.74, 6) is 0.697. The van der Waals surface area contributed by atoms with E-state index in [4.69, 9.17) is 9.47 Å². The largest absolute Gasteiger partial charge is 0.466 e. The first-order valence-corrected chi connectivity index (χ1v) is 5.93. The quantitative estimate of drug-likeness (QED) is 0.882. The van der Waals surface area contributed by atoms with Gasteiger partial charge in [0.05, 0.1) is 13.2 Å². The van der Waals surface area contributed by atoms with E-state index in [-0.39, 0.29) is 6.10 Å². The molecular weight excluding hydrogens is 230 g/mol. The van der Waals surface area contributed by atoms with Gasteiger partial charge in [0.15, 0.2) is 5.82 Å². The third kappa shape index (κ3) is 2.68. The summed E-state index contributed by atoms with van der Waals surface area (Å²) >= 11 is 0. The highest BCUT2D eigenvalue weighted by Crippen LogP contribution is 2.21. The van der Waals surface area contributed by atoms with Gasteiger partial charge in [0.1, 0.15) is 0 Å². The summed E-state index contributed by atoms with van der Waals surface area (Å²) in [6, 6.07) is 8.39. The third-order valence-electron chi connectivity index (χ3n) is 2.72. The molecule has 0 saturated heterocycles. The molecule has 0 spiro atoms. The van der Waals surface area contributed by atoms with Crippen LogP contribution in [0.25, 0.3) is 11.4 Å². The lowest BCUT2D eigenvalue weighted by Gasteiger charge is -2.11. The Hall–Kier alpha value is -1.88. The van der Waals surface area contributed by atoms with E-state index in [0.29, 0.717) is 18.4 Å². The number of methoxy groups -OCH3 is 1. The molecule has 0 unspecified atom stereocenters. The maximum Gasteiger partial charge on any atom is 0.335 e. The molecular formula is C13H17N3O2. The average Bonchev–Trinajstić information content (AvgIpc) is 2.88. The van der Waals surface area contributed by atoms with Gasteiger partial charge >= 0.3 is 6.01 Å². The molecule has 1 atom stereocenters. The second-order valence-corrected chi connectivity index (χ2v) is 3.89. The van der Waals surface area contributed by atoms with Crippen LogP contribution in [0.3, 0.4) is 0 Å². The van der Waals surface area contributed by atoms with Gasteiger partial charge in [0.25, 0.3) is 0 Å². The molecule has 0 aliphatic carbocycles. The van der Waals surface area contributed by atoms with Crippen molar-refractivity contribution in [2.75, 3.05) is 13.7 Å². The van der Waals surface area contributed by atoms with Gasteiger partial charge in [-0.25, -0.2) is 0 Å². The molecule has 1 aromatic carbocycles. The number of nitrogens with one attached hydrogen (secondary N) is 1. The summed E-state index contributed by atoms with van der Waals surface area (Å²) in [5.41, 5.74) is 2.12. The topological polar surface area (TPSA) is 60.0 Å².